The summed E-state index contributed by atoms with van der Waals surface area (Å²) in [6.07, 6.45) is 4.36. The number of amides is 2. The number of rotatable bonds is 5. The number of nitrogens with one attached hydrogen (secondary N) is 1. The molecule has 8 heteroatoms. The van der Waals surface area contributed by atoms with Crippen LogP contribution in [0.1, 0.15) is 37.7 Å². The molecule has 6 nitrogen and oxygen atoms in total. The van der Waals surface area contributed by atoms with Crippen LogP contribution in [0, 0.1) is 5.92 Å². The summed E-state index contributed by atoms with van der Waals surface area (Å²) in [4.78, 5) is 29.4. The maximum atomic E-state index is 14.3. The summed E-state index contributed by atoms with van der Waals surface area (Å²) in [5.41, 5.74) is -1.33. The number of aromatic nitrogens is 1. The van der Waals surface area contributed by atoms with Crippen LogP contribution >= 0.6 is 0 Å². The van der Waals surface area contributed by atoms with Crippen LogP contribution in [0.2, 0.25) is 0 Å². The monoisotopic (exact) mass is 367 g/mol. The van der Waals surface area contributed by atoms with Crippen molar-refractivity contribution >= 4 is 11.8 Å². The van der Waals surface area contributed by atoms with Gasteiger partial charge in [0.25, 0.3) is 5.91 Å². The summed E-state index contributed by atoms with van der Waals surface area (Å²) in [5, 5.41) is 12.7. The van der Waals surface area contributed by atoms with Gasteiger partial charge in [0, 0.05) is 37.9 Å². The van der Waals surface area contributed by atoms with E-state index in [0.29, 0.717) is 25.8 Å². The second-order valence-electron chi connectivity index (χ2n) is 7.11. The molecule has 2 aliphatic rings. The lowest BCUT2D eigenvalue weighted by Gasteiger charge is -2.44. The zero-order valence-electron chi connectivity index (χ0n) is 14.5. The zero-order chi connectivity index (χ0) is 18.8. The lowest BCUT2D eigenvalue weighted by atomic mass is 9.74. The number of hydrogen-bond acceptors (Lipinski definition) is 4. The molecule has 2 fully saturated rings. The van der Waals surface area contributed by atoms with Crippen molar-refractivity contribution in [3.8, 4) is 0 Å². The fourth-order valence-corrected chi connectivity index (χ4v) is 3.40. The molecular formula is C18H23F2N3O3. The number of aliphatic hydroxyl groups is 1. The minimum absolute atomic E-state index is 0.0566. The van der Waals surface area contributed by atoms with Gasteiger partial charge < -0.3 is 15.3 Å². The van der Waals surface area contributed by atoms with Crippen LogP contribution in [0.3, 0.4) is 0 Å². The van der Waals surface area contributed by atoms with Crippen molar-refractivity contribution in [2.24, 2.45) is 5.92 Å². The van der Waals surface area contributed by atoms with Gasteiger partial charge in [-0.3, -0.25) is 14.6 Å². The van der Waals surface area contributed by atoms with Gasteiger partial charge in [0.05, 0.1) is 0 Å². The van der Waals surface area contributed by atoms with Crippen molar-refractivity contribution in [1.82, 2.24) is 15.2 Å². The Labute approximate surface area is 150 Å². The maximum Gasteiger partial charge on any atom is 0.352 e. The highest BCUT2D eigenvalue weighted by Crippen LogP contribution is 2.45. The Morgan fingerprint density at radius 3 is 2.58 bits per heavy atom. The second-order valence-corrected chi connectivity index (χ2v) is 7.11. The molecule has 0 unspecified atom stereocenters. The van der Waals surface area contributed by atoms with E-state index in [9.17, 15) is 23.5 Å². The highest BCUT2D eigenvalue weighted by molar-refractivity contribution is 5.86. The van der Waals surface area contributed by atoms with Gasteiger partial charge in [-0.15, -0.1) is 0 Å². The molecule has 2 heterocycles. The van der Waals surface area contributed by atoms with E-state index in [-0.39, 0.29) is 37.8 Å². The van der Waals surface area contributed by atoms with E-state index in [0.717, 1.165) is 10.5 Å². The van der Waals surface area contributed by atoms with E-state index in [4.69, 9.17) is 0 Å². The first-order valence-electron chi connectivity index (χ1n) is 8.90. The molecule has 1 aromatic heterocycles. The predicted octanol–water partition coefficient (Wildman–Crippen LogP) is 1.49. The maximum absolute atomic E-state index is 14.3. The predicted molar refractivity (Wildman–Crippen MR) is 89.1 cm³/mol. The Bertz CT molecular complexity index is 657. The summed E-state index contributed by atoms with van der Waals surface area (Å²) in [6.45, 7) is 0.544. The summed E-state index contributed by atoms with van der Waals surface area (Å²) >= 11 is 0. The average molecular weight is 367 g/mol. The van der Waals surface area contributed by atoms with Gasteiger partial charge in [0.15, 0.2) is 0 Å². The molecule has 2 amide bonds. The number of carbonyl (C=O) groups is 2. The number of alkyl halides is 2. The van der Waals surface area contributed by atoms with Crippen molar-refractivity contribution in [3.05, 3.63) is 30.1 Å². The van der Waals surface area contributed by atoms with Gasteiger partial charge in [0.2, 0.25) is 5.91 Å². The summed E-state index contributed by atoms with van der Waals surface area (Å²) < 4.78 is 28.5. The van der Waals surface area contributed by atoms with Crippen LogP contribution in [0.5, 0.6) is 0 Å². The average Bonchev–Trinajstić information content (AvgIpc) is 2.64. The zero-order valence-corrected chi connectivity index (χ0v) is 14.5. The van der Waals surface area contributed by atoms with Crippen molar-refractivity contribution in [1.29, 1.82) is 0 Å². The molecule has 1 aliphatic carbocycles. The molecule has 0 aromatic carbocycles. The van der Waals surface area contributed by atoms with Crippen LogP contribution < -0.4 is 5.32 Å². The molecule has 0 bridgehead atoms. The van der Waals surface area contributed by atoms with Gasteiger partial charge in [-0.05, 0) is 43.7 Å². The van der Waals surface area contributed by atoms with Crippen molar-refractivity contribution in [2.45, 2.75) is 50.2 Å². The molecule has 26 heavy (non-hydrogen) atoms. The van der Waals surface area contributed by atoms with Crippen LogP contribution in [0.15, 0.2) is 24.5 Å². The number of carbonyl (C=O) groups excluding carboxylic acids is 2. The van der Waals surface area contributed by atoms with E-state index in [1.165, 1.54) is 0 Å². The third kappa shape index (κ3) is 3.56. The topological polar surface area (TPSA) is 82.5 Å². The lowest BCUT2D eigenvalue weighted by molar-refractivity contribution is -0.224. The Morgan fingerprint density at radius 1 is 1.35 bits per heavy atom. The third-order valence-corrected chi connectivity index (χ3v) is 5.38. The van der Waals surface area contributed by atoms with E-state index in [1.54, 1.807) is 18.5 Å². The van der Waals surface area contributed by atoms with Gasteiger partial charge in [-0.25, -0.2) is 0 Å². The summed E-state index contributed by atoms with van der Waals surface area (Å²) in [7, 11) is 0. The molecule has 142 valence electrons. The van der Waals surface area contributed by atoms with Crippen LogP contribution in [0.25, 0.3) is 0 Å². The van der Waals surface area contributed by atoms with E-state index >= 15 is 0 Å². The summed E-state index contributed by atoms with van der Waals surface area (Å²) in [5.74, 6) is -5.55. The lowest BCUT2D eigenvalue weighted by Crippen LogP contribution is -2.62. The Morgan fingerprint density at radius 2 is 2.04 bits per heavy atom. The van der Waals surface area contributed by atoms with E-state index < -0.39 is 17.4 Å². The third-order valence-electron chi connectivity index (χ3n) is 5.38. The Kier molecular flexibility index (Phi) is 5.22. The van der Waals surface area contributed by atoms with Gasteiger partial charge in [-0.1, -0.05) is 6.07 Å². The molecule has 0 spiro atoms. The Hall–Kier alpha value is -2.09. The number of hydrogen-bond donors (Lipinski definition) is 2. The minimum Gasteiger partial charge on any atom is -0.383 e. The standard InChI is InChI=1S/C18H23F2N3O3/c19-18(20,17(26)6-2-7-17)16(25)23-9-4-14(5-10-23)15(24)22-12-13-3-1-8-21-11-13/h1,3,8,11,14,26H,2,4-7,9-10,12H2,(H,22,24). The fraction of sp³-hybridized carbons (Fsp3) is 0.611. The highest BCUT2D eigenvalue weighted by atomic mass is 19.3. The van der Waals surface area contributed by atoms with Gasteiger partial charge >= 0.3 is 5.92 Å². The molecule has 2 N–H and O–H groups in total. The quantitative estimate of drug-likeness (QED) is 0.826. The summed E-state index contributed by atoms with van der Waals surface area (Å²) in [6, 6.07) is 3.63. The first kappa shape index (κ1) is 18.7. The number of pyridine rings is 1. The Balaban J connectivity index is 1.49. The number of halogens is 2. The van der Waals surface area contributed by atoms with Gasteiger partial charge in [-0.2, -0.15) is 8.78 Å². The molecule has 1 aromatic rings. The molecule has 0 atom stereocenters. The van der Waals surface area contributed by atoms with E-state index in [1.807, 2.05) is 6.07 Å². The first-order valence-corrected chi connectivity index (χ1v) is 8.90. The van der Waals surface area contributed by atoms with Crippen molar-refractivity contribution < 1.29 is 23.5 Å². The highest BCUT2D eigenvalue weighted by Gasteiger charge is 2.62. The van der Waals surface area contributed by atoms with E-state index in [2.05, 4.69) is 10.3 Å². The largest absolute Gasteiger partial charge is 0.383 e. The fourth-order valence-electron chi connectivity index (χ4n) is 3.40. The number of nitrogens with zero attached hydrogens (tertiary/aromatic N) is 2. The van der Waals surface area contributed by atoms with Crippen LogP contribution in [0.4, 0.5) is 8.78 Å². The van der Waals surface area contributed by atoms with Crippen molar-refractivity contribution in [3.63, 3.8) is 0 Å². The second kappa shape index (κ2) is 7.26. The van der Waals surface area contributed by atoms with Gasteiger partial charge in [0.1, 0.15) is 5.60 Å². The molecule has 1 saturated carbocycles. The molecule has 0 radical (unpaired) electrons. The molecule has 3 rings (SSSR count). The number of likely N-dealkylation sites (tertiary alicyclic amines) is 1. The normalized spacial score (nSPS) is 20.3. The van der Waals surface area contributed by atoms with Crippen LogP contribution in [-0.2, 0) is 16.1 Å². The minimum atomic E-state index is -3.76. The first-order chi connectivity index (χ1) is 12.3. The SMILES string of the molecule is O=C(NCc1cccnc1)C1CCN(C(=O)C(F)(F)C2(O)CCC2)CC1. The van der Waals surface area contributed by atoms with Crippen LogP contribution in [-0.4, -0.2) is 51.4 Å². The van der Waals surface area contributed by atoms with Crippen molar-refractivity contribution in [2.75, 3.05) is 13.1 Å². The number of piperidine rings is 1. The molecule has 1 saturated heterocycles. The molecule has 1 aliphatic heterocycles. The molecular weight excluding hydrogens is 344 g/mol. The smallest absolute Gasteiger partial charge is 0.352 e.